The van der Waals surface area contributed by atoms with Crippen molar-refractivity contribution in [1.29, 1.82) is 0 Å². The number of benzene rings is 1. The van der Waals surface area contributed by atoms with Gasteiger partial charge in [0.2, 0.25) is 0 Å². The first kappa shape index (κ1) is 13.7. The van der Waals surface area contributed by atoms with Gasteiger partial charge >= 0.3 is 0 Å². The maximum absolute atomic E-state index is 12.9. The standard InChI is InChI=1S/C12H15F2N3O2/c1-16-5-4-8(7-16)15-11-3-2-9(17(18)19)6-10(11)12(13)14/h2-3,6,8,12,15H,4-5,7H2,1H3. The number of rotatable bonds is 4. The highest BCUT2D eigenvalue weighted by molar-refractivity contribution is 5.57. The fourth-order valence-electron chi connectivity index (χ4n) is 2.25. The van der Waals surface area contributed by atoms with Crippen molar-refractivity contribution < 1.29 is 13.7 Å². The molecule has 1 atom stereocenters. The summed E-state index contributed by atoms with van der Waals surface area (Å²) >= 11 is 0. The van der Waals surface area contributed by atoms with E-state index in [0.29, 0.717) is 0 Å². The van der Waals surface area contributed by atoms with Gasteiger partial charge in [-0.25, -0.2) is 8.78 Å². The Morgan fingerprint density at radius 2 is 2.26 bits per heavy atom. The summed E-state index contributed by atoms with van der Waals surface area (Å²) in [6.07, 6.45) is -1.86. The van der Waals surface area contributed by atoms with Crippen molar-refractivity contribution in [2.75, 3.05) is 25.5 Å². The Morgan fingerprint density at radius 3 is 2.79 bits per heavy atom. The minimum Gasteiger partial charge on any atom is -0.381 e. The molecular formula is C12H15F2N3O2. The van der Waals surface area contributed by atoms with Crippen molar-refractivity contribution >= 4 is 11.4 Å². The summed E-state index contributed by atoms with van der Waals surface area (Å²) in [6.45, 7) is 1.69. The summed E-state index contributed by atoms with van der Waals surface area (Å²) in [5, 5.41) is 13.7. The van der Waals surface area contributed by atoms with Crippen LogP contribution in [-0.2, 0) is 0 Å². The zero-order chi connectivity index (χ0) is 14.0. The molecule has 0 aliphatic carbocycles. The number of hydrogen-bond acceptors (Lipinski definition) is 4. The normalized spacial score (nSPS) is 19.9. The molecule has 19 heavy (non-hydrogen) atoms. The molecule has 5 nitrogen and oxygen atoms in total. The maximum Gasteiger partial charge on any atom is 0.270 e. The summed E-state index contributed by atoms with van der Waals surface area (Å²) in [5.41, 5.74) is -0.353. The van der Waals surface area contributed by atoms with Gasteiger partial charge in [-0.05, 0) is 26.1 Å². The average Bonchev–Trinajstić information content (AvgIpc) is 2.74. The fourth-order valence-corrected chi connectivity index (χ4v) is 2.25. The molecule has 7 heteroatoms. The molecule has 0 saturated carbocycles. The first-order valence-electron chi connectivity index (χ1n) is 5.99. The predicted octanol–water partition coefficient (Wildman–Crippen LogP) is 2.65. The summed E-state index contributed by atoms with van der Waals surface area (Å²) in [5.74, 6) is 0. The van der Waals surface area contributed by atoms with Crippen LogP contribution in [0.5, 0.6) is 0 Å². The van der Waals surface area contributed by atoms with E-state index in [4.69, 9.17) is 0 Å². The number of likely N-dealkylation sites (N-methyl/N-ethyl adjacent to an activating group) is 1. The average molecular weight is 271 g/mol. The van der Waals surface area contributed by atoms with Crippen LogP contribution in [0.1, 0.15) is 18.4 Å². The van der Waals surface area contributed by atoms with Crippen LogP contribution < -0.4 is 5.32 Å². The number of halogens is 2. The van der Waals surface area contributed by atoms with Crippen LogP contribution in [-0.4, -0.2) is 36.0 Å². The Bertz CT molecular complexity index is 482. The van der Waals surface area contributed by atoms with E-state index >= 15 is 0 Å². The second kappa shape index (κ2) is 5.48. The highest BCUT2D eigenvalue weighted by Crippen LogP contribution is 2.31. The van der Waals surface area contributed by atoms with Gasteiger partial charge in [0.1, 0.15) is 0 Å². The minimum atomic E-state index is -2.73. The molecule has 0 bridgehead atoms. The Morgan fingerprint density at radius 1 is 1.53 bits per heavy atom. The molecule has 2 rings (SSSR count). The van der Waals surface area contributed by atoms with Gasteiger partial charge in [0.05, 0.1) is 4.92 Å². The monoisotopic (exact) mass is 271 g/mol. The fraction of sp³-hybridized carbons (Fsp3) is 0.500. The van der Waals surface area contributed by atoms with E-state index in [1.807, 2.05) is 7.05 Å². The number of nitrogens with zero attached hydrogens (tertiary/aromatic N) is 2. The van der Waals surface area contributed by atoms with Crippen LogP contribution in [0.4, 0.5) is 20.2 Å². The molecule has 1 aliphatic heterocycles. The molecule has 1 unspecified atom stereocenters. The summed E-state index contributed by atoms with van der Waals surface area (Å²) in [6, 6.07) is 3.64. The second-order valence-electron chi connectivity index (χ2n) is 4.72. The van der Waals surface area contributed by atoms with Gasteiger partial charge in [-0.3, -0.25) is 10.1 Å². The third-order valence-electron chi connectivity index (χ3n) is 3.23. The number of non-ortho nitro benzene ring substituents is 1. The van der Waals surface area contributed by atoms with E-state index in [1.54, 1.807) is 0 Å². The number of hydrogen-bond donors (Lipinski definition) is 1. The molecule has 0 aromatic heterocycles. The lowest BCUT2D eigenvalue weighted by Gasteiger charge is -2.17. The predicted molar refractivity (Wildman–Crippen MR) is 67.6 cm³/mol. The lowest BCUT2D eigenvalue weighted by molar-refractivity contribution is -0.385. The van der Waals surface area contributed by atoms with Crippen molar-refractivity contribution in [2.45, 2.75) is 18.9 Å². The van der Waals surface area contributed by atoms with Gasteiger partial charge < -0.3 is 10.2 Å². The number of nitro groups is 1. The molecule has 1 saturated heterocycles. The topological polar surface area (TPSA) is 58.4 Å². The first-order valence-corrected chi connectivity index (χ1v) is 5.99. The van der Waals surface area contributed by atoms with Crippen molar-refractivity contribution in [3.05, 3.63) is 33.9 Å². The lowest BCUT2D eigenvalue weighted by atomic mass is 10.1. The number of alkyl halides is 2. The molecule has 0 amide bonds. The Balaban J connectivity index is 2.21. The molecule has 0 radical (unpaired) electrons. The summed E-state index contributed by atoms with van der Waals surface area (Å²) < 4.78 is 25.9. The largest absolute Gasteiger partial charge is 0.381 e. The highest BCUT2D eigenvalue weighted by atomic mass is 19.3. The number of nitro benzene ring substituents is 1. The lowest BCUT2D eigenvalue weighted by Crippen LogP contribution is -2.24. The molecule has 1 aliphatic rings. The van der Waals surface area contributed by atoms with Crippen molar-refractivity contribution in [3.8, 4) is 0 Å². The van der Waals surface area contributed by atoms with E-state index in [9.17, 15) is 18.9 Å². The van der Waals surface area contributed by atoms with Gasteiger partial charge in [-0.2, -0.15) is 0 Å². The van der Waals surface area contributed by atoms with Crippen molar-refractivity contribution in [3.63, 3.8) is 0 Å². The second-order valence-corrected chi connectivity index (χ2v) is 4.72. The van der Waals surface area contributed by atoms with Gasteiger partial charge in [-0.15, -0.1) is 0 Å². The molecular weight excluding hydrogens is 256 g/mol. The van der Waals surface area contributed by atoms with Crippen LogP contribution in [0, 0.1) is 10.1 Å². The molecule has 1 heterocycles. The Labute approximate surface area is 109 Å². The van der Waals surface area contributed by atoms with Crippen molar-refractivity contribution in [2.24, 2.45) is 0 Å². The zero-order valence-corrected chi connectivity index (χ0v) is 10.5. The van der Waals surface area contributed by atoms with Crippen LogP contribution in [0.3, 0.4) is 0 Å². The smallest absolute Gasteiger partial charge is 0.270 e. The minimum absolute atomic E-state index is 0.101. The summed E-state index contributed by atoms with van der Waals surface area (Å²) in [7, 11) is 1.96. The van der Waals surface area contributed by atoms with Crippen LogP contribution in [0.25, 0.3) is 0 Å². The van der Waals surface area contributed by atoms with E-state index in [2.05, 4.69) is 10.2 Å². The van der Waals surface area contributed by atoms with Crippen molar-refractivity contribution in [1.82, 2.24) is 4.90 Å². The van der Waals surface area contributed by atoms with Crippen LogP contribution in [0.2, 0.25) is 0 Å². The van der Waals surface area contributed by atoms with E-state index in [1.165, 1.54) is 12.1 Å². The molecule has 1 N–H and O–H groups in total. The van der Waals surface area contributed by atoms with E-state index in [-0.39, 0.29) is 23.0 Å². The van der Waals surface area contributed by atoms with E-state index in [0.717, 1.165) is 25.6 Å². The van der Waals surface area contributed by atoms with Crippen LogP contribution >= 0.6 is 0 Å². The van der Waals surface area contributed by atoms with Gasteiger partial charge in [0, 0.05) is 36.0 Å². The van der Waals surface area contributed by atoms with Gasteiger partial charge in [-0.1, -0.05) is 0 Å². The van der Waals surface area contributed by atoms with Gasteiger partial charge in [0.15, 0.2) is 0 Å². The SMILES string of the molecule is CN1CCC(Nc2ccc([N+](=O)[O-])cc2C(F)F)C1. The van der Waals surface area contributed by atoms with Gasteiger partial charge in [0.25, 0.3) is 12.1 Å². The molecule has 1 fully saturated rings. The highest BCUT2D eigenvalue weighted by Gasteiger charge is 2.23. The van der Waals surface area contributed by atoms with E-state index < -0.39 is 11.3 Å². The maximum atomic E-state index is 12.9. The quantitative estimate of drug-likeness (QED) is 0.675. The van der Waals surface area contributed by atoms with Crippen LogP contribution in [0.15, 0.2) is 18.2 Å². The molecule has 0 spiro atoms. The Kier molecular flexibility index (Phi) is 3.94. The number of likely N-dealkylation sites (tertiary alicyclic amines) is 1. The molecule has 1 aromatic carbocycles. The first-order chi connectivity index (χ1) is 8.97. The number of nitrogens with one attached hydrogen (secondary N) is 1. The molecule has 1 aromatic rings. The third-order valence-corrected chi connectivity index (χ3v) is 3.23. The third kappa shape index (κ3) is 3.17. The zero-order valence-electron chi connectivity index (χ0n) is 10.5. The Hall–Kier alpha value is -1.76. The molecule has 104 valence electrons. The number of anilines is 1. The summed E-state index contributed by atoms with van der Waals surface area (Å²) in [4.78, 5) is 12.0.